The molecule has 0 radical (unpaired) electrons. The van der Waals surface area contributed by atoms with Gasteiger partial charge in [-0.2, -0.15) is 0 Å². The van der Waals surface area contributed by atoms with Gasteiger partial charge in [-0.25, -0.2) is 0 Å². The van der Waals surface area contributed by atoms with Gasteiger partial charge in [-0.1, -0.05) is 0 Å². The summed E-state index contributed by atoms with van der Waals surface area (Å²) in [5, 5.41) is 0. The Morgan fingerprint density at radius 3 is 1.14 bits per heavy atom. The predicted octanol–water partition coefficient (Wildman–Crippen LogP) is 2.03. The molecule has 0 aromatic rings. The summed E-state index contributed by atoms with van der Waals surface area (Å²) in [6, 6.07) is 0. The summed E-state index contributed by atoms with van der Waals surface area (Å²) in [6.07, 6.45) is 0. The van der Waals surface area contributed by atoms with E-state index < -0.39 is 7.26 Å². The first-order valence-electron chi connectivity index (χ1n) is 2.94. The van der Waals surface area contributed by atoms with E-state index in [9.17, 15) is 0 Å². The van der Waals surface area contributed by atoms with Crippen LogP contribution in [0.25, 0.3) is 0 Å². The monoisotopic (exact) mass is 120 g/mol. The fraction of sp³-hybridized carbons (Fsp3) is 1.00. The molecule has 0 nitrogen and oxygen atoms in total. The van der Waals surface area contributed by atoms with Crippen LogP contribution in [0.4, 0.5) is 0 Å². The van der Waals surface area contributed by atoms with Gasteiger partial charge in [0.2, 0.25) is 0 Å². The third-order valence-electron chi connectivity index (χ3n) is 1.73. The summed E-state index contributed by atoms with van der Waals surface area (Å²) >= 11 is 0. The topological polar surface area (TPSA) is 0 Å². The van der Waals surface area contributed by atoms with Crippen LogP contribution in [0.5, 0.6) is 0 Å². The second-order valence-electron chi connectivity index (χ2n) is 3.52. The van der Waals surface area contributed by atoms with Crippen molar-refractivity contribution in [3.63, 3.8) is 0 Å². The van der Waals surface area contributed by atoms with E-state index >= 15 is 0 Å². The Morgan fingerprint density at radius 2 is 1.14 bits per heavy atom. The fourth-order valence-corrected chi connectivity index (χ4v) is 0. The molecule has 0 aliphatic rings. The van der Waals surface area contributed by atoms with Gasteiger partial charge < -0.3 is 0 Å². The van der Waals surface area contributed by atoms with Crippen LogP contribution in [0, 0.1) is 0 Å². The van der Waals surface area contributed by atoms with Crippen molar-refractivity contribution >= 4 is 7.26 Å². The molecule has 0 aromatic heterocycles. The van der Waals surface area contributed by atoms with Crippen molar-refractivity contribution in [3.8, 4) is 0 Å². The maximum atomic E-state index is 2.40. The van der Waals surface area contributed by atoms with Crippen LogP contribution in [0.2, 0.25) is 0 Å². The summed E-state index contributed by atoms with van der Waals surface area (Å²) < 4.78 is 0. The molecule has 0 rings (SSSR count). The predicted molar refractivity (Wildman–Crippen MR) is 41.2 cm³/mol. The minimum absolute atomic E-state index is 0.735. The molecule has 46 valence electrons. The zero-order valence-electron chi connectivity index (χ0n) is 6.08. The molecule has 0 saturated heterocycles. The maximum absolute atomic E-state index is 2.40. The summed E-state index contributed by atoms with van der Waals surface area (Å²) in [6.45, 7) is 11.8. The van der Waals surface area contributed by atoms with Crippen LogP contribution in [0.1, 0.15) is 13.8 Å². The van der Waals surface area contributed by atoms with Gasteiger partial charge in [0.1, 0.15) is 0 Å². The van der Waals surface area contributed by atoms with Gasteiger partial charge in [0.25, 0.3) is 0 Å². The summed E-state index contributed by atoms with van der Waals surface area (Å²) in [4.78, 5) is 0. The molecule has 0 heterocycles. The molecule has 0 N–H and O–H groups in total. The van der Waals surface area contributed by atoms with Crippen LogP contribution in [-0.2, 0) is 0 Å². The average Bonchev–Trinajstić information content (AvgIpc) is 1.31. The van der Waals surface area contributed by atoms with Crippen molar-refractivity contribution in [1.82, 2.24) is 0 Å². The first-order valence-corrected chi connectivity index (χ1v) is 6.52. The third-order valence-corrected chi connectivity index (χ3v) is 5.20. The molecular weight excluding hydrogens is 103 g/mol. The average molecular weight is 120 g/mol. The summed E-state index contributed by atoms with van der Waals surface area (Å²) in [7, 11) is -0.735. The fourth-order valence-electron chi connectivity index (χ4n) is 0. The van der Waals surface area contributed by atoms with E-state index in [4.69, 9.17) is 0 Å². The van der Waals surface area contributed by atoms with Gasteiger partial charge >= 0.3 is 46.8 Å². The molecule has 0 spiro atoms. The van der Waals surface area contributed by atoms with Crippen molar-refractivity contribution in [2.45, 2.75) is 19.5 Å². The second-order valence-corrected chi connectivity index (χ2v) is 9.41. The van der Waals surface area contributed by atoms with Gasteiger partial charge in [-0.3, -0.25) is 0 Å². The molecule has 0 aliphatic carbocycles. The Balaban J connectivity index is 3.54. The summed E-state index contributed by atoms with van der Waals surface area (Å²) in [5.74, 6) is 0. The van der Waals surface area contributed by atoms with Gasteiger partial charge in [0, 0.05) is 0 Å². The van der Waals surface area contributed by atoms with Crippen LogP contribution < -0.4 is 0 Å². The number of hydrogen-bond donors (Lipinski definition) is 0. The molecule has 0 fully saturated rings. The van der Waals surface area contributed by atoms with Gasteiger partial charge in [0.05, 0.1) is 0 Å². The molecule has 1 heteroatoms. The van der Waals surface area contributed by atoms with Crippen molar-refractivity contribution < 1.29 is 0 Å². The van der Waals surface area contributed by atoms with E-state index in [1.54, 1.807) is 0 Å². The molecule has 0 bridgehead atoms. The molecule has 7 heavy (non-hydrogen) atoms. The SMILES string of the molecule is CC(C)[PH](C)(C)C. The first-order chi connectivity index (χ1) is 2.94. The standard InChI is InChI=1S/C6H17P/c1-6(2)7(3,4)5/h6-7H,1-5H3. The quantitative estimate of drug-likeness (QED) is 0.464. The number of hydrogen-bond acceptors (Lipinski definition) is 0. The molecule has 0 aliphatic heterocycles. The Hall–Kier alpha value is 0.430. The van der Waals surface area contributed by atoms with E-state index in [-0.39, 0.29) is 0 Å². The first kappa shape index (κ1) is 7.43. The number of rotatable bonds is 1. The normalized spacial score (nSPS) is 15.1. The van der Waals surface area contributed by atoms with E-state index in [1.165, 1.54) is 0 Å². The van der Waals surface area contributed by atoms with Crippen LogP contribution in [0.15, 0.2) is 0 Å². The molecule has 0 saturated carbocycles. The zero-order valence-corrected chi connectivity index (χ0v) is 7.08. The van der Waals surface area contributed by atoms with E-state index in [1.807, 2.05) is 0 Å². The zero-order chi connectivity index (χ0) is 6.08. The second kappa shape index (κ2) is 2.13. The Kier molecular flexibility index (Phi) is 2.26. The molecule has 0 amide bonds. The van der Waals surface area contributed by atoms with E-state index in [0.717, 1.165) is 5.66 Å². The van der Waals surface area contributed by atoms with Crippen LogP contribution in [-0.4, -0.2) is 25.7 Å². The van der Waals surface area contributed by atoms with E-state index in [2.05, 4.69) is 33.8 Å². The summed E-state index contributed by atoms with van der Waals surface area (Å²) in [5.41, 5.74) is 0.937. The van der Waals surface area contributed by atoms with Crippen molar-refractivity contribution in [2.24, 2.45) is 0 Å². The van der Waals surface area contributed by atoms with Crippen LogP contribution in [0.3, 0.4) is 0 Å². The van der Waals surface area contributed by atoms with Gasteiger partial charge in [-0.15, -0.1) is 0 Å². The molecule has 0 aromatic carbocycles. The van der Waals surface area contributed by atoms with Crippen molar-refractivity contribution in [3.05, 3.63) is 0 Å². The van der Waals surface area contributed by atoms with E-state index in [0.29, 0.717) is 0 Å². The molecule has 0 atom stereocenters. The third kappa shape index (κ3) is 3.05. The molecule has 0 unspecified atom stereocenters. The molecular formula is C6H17P. The van der Waals surface area contributed by atoms with Crippen molar-refractivity contribution in [1.29, 1.82) is 0 Å². The van der Waals surface area contributed by atoms with Gasteiger partial charge in [-0.05, 0) is 0 Å². The Bertz CT molecular complexity index is 49.7. The van der Waals surface area contributed by atoms with Gasteiger partial charge in [0.15, 0.2) is 0 Å². The van der Waals surface area contributed by atoms with Crippen molar-refractivity contribution in [2.75, 3.05) is 20.0 Å². The minimum atomic E-state index is -0.735. The Morgan fingerprint density at radius 1 is 1.00 bits per heavy atom. The Labute approximate surface area is 47.6 Å². The van der Waals surface area contributed by atoms with Crippen LogP contribution >= 0.6 is 7.26 Å².